The number of piperazine rings is 1. The van der Waals surface area contributed by atoms with E-state index in [2.05, 4.69) is 51.1 Å². The lowest BCUT2D eigenvalue weighted by atomic mass is 9.78. The molecule has 1 saturated carbocycles. The van der Waals surface area contributed by atoms with Crippen LogP contribution in [0.4, 0.5) is 11.5 Å². The van der Waals surface area contributed by atoms with Crippen molar-refractivity contribution in [2.24, 2.45) is 11.8 Å². The smallest absolute Gasteiger partial charge is 0.261 e. The van der Waals surface area contributed by atoms with Gasteiger partial charge in [0.05, 0.1) is 17.4 Å². The lowest BCUT2D eigenvalue weighted by Gasteiger charge is -2.37. The monoisotopic (exact) mass is 493 g/mol. The molecule has 1 amide bonds. The zero-order valence-corrected chi connectivity index (χ0v) is 21.9. The largest absolute Gasteiger partial charge is 0.497 e. The van der Waals surface area contributed by atoms with E-state index in [1.807, 2.05) is 19.1 Å². The molecule has 1 aromatic carbocycles. The minimum atomic E-state index is 0.0340. The van der Waals surface area contributed by atoms with Crippen LogP contribution in [0.3, 0.4) is 0 Å². The Balaban J connectivity index is 1.33. The summed E-state index contributed by atoms with van der Waals surface area (Å²) in [5, 5.41) is 4.36. The average Bonchev–Trinajstić information content (AvgIpc) is 3.24. The molecule has 1 N–H and O–H groups in total. The number of hydrogen-bond acceptors (Lipinski definition) is 7. The molecule has 0 unspecified atom stereocenters. The molecule has 1 aliphatic carbocycles. The van der Waals surface area contributed by atoms with Crippen LogP contribution in [-0.2, 0) is 0 Å². The first kappa shape index (κ1) is 23.9. The normalized spacial score (nSPS) is 22.9. The number of amides is 1. The van der Waals surface area contributed by atoms with E-state index in [0.29, 0.717) is 11.8 Å². The number of nitrogens with one attached hydrogen (secondary N) is 1. The molecular weight excluding hydrogens is 458 g/mol. The van der Waals surface area contributed by atoms with E-state index < -0.39 is 0 Å². The quantitative estimate of drug-likeness (QED) is 0.546. The first-order chi connectivity index (χ1) is 17.0. The SMILES string of the molecule is COc1ccc(N2CCN(c3ncnc4sc(C(=O)N[C@@H]5CCC[C@H](C)[C@@H]5C)c(C)c34)CC2)cc1. The van der Waals surface area contributed by atoms with Gasteiger partial charge in [0.2, 0.25) is 0 Å². The van der Waals surface area contributed by atoms with Crippen molar-refractivity contribution in [1.82, 2.24) is 15.3 Å². The van der Waals surface area contributed by atoms with Gasteiger partial charge in [-0.3, -0.25) is 4.79 Å². The molecule has 1 saturated heterocycles. The van der Waals surface area contributed by atoms with Gasteiger partial charge in [-0.15, -0.1) is 11.3 Å². The number of benzene rings is 1. The van der Waals surface area contributed by atoms with E-state index in [-0.39, 0.29) is 11.9 Å². The Hall–Kier alpha value is -2.87. The van der Waals surface area contributed by atoms with E-state index in [0.717, 1.165) is 64.8 Å². The van der Waals surface area contributed by atoms with Crippen molar-refractivity contribution in [3.63, 3.8) is 0 Å². The Labute approximate surface area is 211 Å². The first-order valence-electron chi connectivity index (χ1n) is 12.6. The summed E-state index contributed by atoms with van der Waals surface area (Å²) in [6.45, 7) is 10.2. The Kier molecular flexibility index (Phi) is 6.82. The molecule has 0 bridgehead atoms. The van der Waals surface area contributed by atoms with E-state index in [9.17, 15) is 4.79 Å². The average molecular weight is 494 g/mol. The van der Waals surface area contributed by atoms with Crippen molar-refractivity contribution < 1.29 is 9.53 Å². The maximum Gasteiger partial charge on any atom is 0.261 e. The first-order valence-corrected chi connectivity index (χ1v) is 13.5. The van der Waals surface area contributed by atoms with Crippen LogP contribution in [0.2, 0.25) is 0 Å². The fourth-order valence-corrected chi connectivity index (χ4v) is 6.54. The summed E-state index contributed by atoms with van der Waals surface area (Å²) in [5.41, 5.74) is 2.20. The predicted molar refractivity (Wildman–Crippen MR) is 143 cm³/mol. The molecule has 3 heterocycles. The van der Waals surface area contributed by atoms with Crippen LogP contribution < -0.4 is 19.9 Å². The molecule has 3 atom stereocenters. The van der Waals surface area contributed by atoms with Crippen molar-refractivity contribution in [1.29, 1.82) is 0 Å². The third-order valence-corrected chi connectivity index (χ3v) is 9.15. The number of methoxy groups -OCH3 is 1. The van der Waals surface area contributed by atoms with Gasteiger partial charge in [0.15, 0.2) is 0 Å². The number of hydrogen-bond donors (Lipinski definition) is 1. The van der Waals surface area contributed by atoms with Gasteiger partial charge in [0.25, 0.3) is 5.91 Å². The minimum absolute atomic E-state index is 0.0340. The van der Waals surface area contributed by atoms with Crippen molar-refractivity contribution in [3.05, 3.63) is 41.0 Å². The third kappa shape index (κ3) is 4.68. The fraction of sp³-hybridized carbons (Fsp3) is 0.519. The zero-order chi connectivity index (χ0) is 24.5. The summed E-state index contributed by atoms with van der Waals surface area (Å²) in [6, 6.07) is 8.47. The second-order valence-corrected chi connectivity index (χ2v) is 11.0. The van der Waals surface area contributed by atoms with Crippen LogP contribution in [0.1, 0.15) is 48.3 Å². The van der Waals surface area contributed by atoms with Gasteiger partial charge in [-0.05, 0) is 55.0 Å². The molecule has 1 aliphatic heterocycles. The van der Waals surface area contributed by atoms with Crippen LogP contribution in [0.15, 0.2) is 30.6 Å². The van der Waals surface area contributed by atoms with Crippen molar-refractivity contribution in [2.75, 3.05) is 43.1 Å². The third-order valence-electron chi connectivity index (χ3n) is 7.95. The number of carbonyl (C=O) groups is 1. The summed E-state index contributed by atoms with van der Waals surface area (Å²) in [5.74, 6) is 2.99. The molecular formula is C27H35N5O2S. The van der Waals surface area contributed by atoms with Crippen LogP contribution in [0, 0.1) is 18.8 Å². The number of anilines is 2. The van der Waals surface area contributed by atoms with Gasteiger partial charge in [-0.25, -0.2) is 9.97 Å². The minimum Gasteiger partial charge on any atom is -0.497 e. The van der Waals surface area contributed by atoms with Gasteiger partial charge >= 0.3 is 0 Å². The number of rotatable bonds is 5. The lowest BCUT2D eigenvalue weighted by molar-refractivity contribution is 0.0894. The molecule has 7 nitrogen and oxygen atoms in total. The standard InChI is InChI=1S/C27H35N5O2S/c1-17-6-5-7-22(18(17)2)30-26(33)24-19(3)23-25(28-16-29-27(23)35-24)32-14-12-31(13-15-32)20-8-10-21(34-4)11-9-20/h8-11,16-18,22H,5-7,12-15H2,1-4H3,(H,30,33)/t17-,18-,22+/m0/s1. The summed E-state index contributed by atoms with van der Waals surface area (Å²) < 4.78 is 5.29. The number of carbonyl (C=O) groups excluding carboxylic acids is 1. The van der Waals surface area contributed by atoms with Crippen LogP contribution in [0.25, 0.3) is 10.2 Å². The van der Waals surface area contributed by atoms with Crippen LogP contribution in [0.5, 0.6) is 5.75 Å². The molecule has 35 heavy (non-hydrogen) atoms. The second-order valence-electron chi connectivity index (χ2n) is 9.95. The van der Waals surface area contributed by atoms with Gasteiger partial charge in [0.1, 0.15) is 22.7 Å². The Bertz CT molecular complexity index is 1190. The van der Waals surface area contributed by atoms with Gasteiger partial charge < -0.3 is 19.9 Å². The molecule has 5 rings (SSSR count). The highest BCUT2D eigenvalue weighted by molar-refractivity contribution is 7.20. The lowest BCUT2D eigenvalue weighted by Crippen LogP contribution is -2.47. The van der Waals surface area contributed by atoms with E-state index in [1.54, 1.807) is 13.4 Å². The van der Waals surface area contributed by atoms with Gasteiger partial charge in [0, 0.05) is 37.9 Å². The molecule has 0 radical (unpaired) electrons. The predicted octanol–water partition coefficient (Wildman–Crippen LogP) is 4.89. The zero-order valence-electron chi connectivity index (χ0n) is 21.1. The highest BCUT2D eigenvalue weighted by Crippen LogP contribution is 2.36. The summed E-state index contributed by atoms with van der Waals surface area (Å²) in [4.78, 5) is 28.9. The van der Waals surface area contributed by atoms with Crippen LogP contribution >= 0.6 is 11.3 Å². The number of thiophene rings is 1. The second kappa shape index (κ2) is 10.0. The van der Waals surface area contributed by atoms with Crippen molar-refractivity contribution >= 4 is 39.0 Å². The number of nitrogens with zero attached hydrogens (tertiary/aromatic N) is 4. The highest BCUT2D eigenvalue weighted by atomic mass is 32.1. The summed E-state index contributed by atoms with van der Waals surface area (Å²) >= 11 is 1.49. The molecule has 2 aliphatic rings. The molecule has 0 spiro atoms. The molecule has 3 aromatic rings. The van der Waals surface area contributed by atoms with E-state index in [4.69, 9.17) is 4.74 Å². The van der Waals surface area contributed by atoms with Crippen molar-refractivity contribution in [3.8, 4) is 5.75 Å². The fourth-order valence-electron chi connectivity index (χ4n) is 5.50. The Morgan fingerprint density at radius 2 is 1.77 bits per heavy atom. The molecule has 2 aromatic heterocycles. The maximum absolute atomic E-state index is 13.3. The summed E-state index contributed by atoms with van der Waals surface area (Å²) in [6.07, 6.45) is 5.13. The van der Waals surface area contributed by atoms with Crippen molar-refractivity contribution in [2.45, 2.75) is 46.1 Å². The maximum atomic E-state index is 13.3. The van der Waals surface area contributed by atoms with E-state index in [1.165, 1.54) is 29.9 Å². The Morgan fingerprint density at radius 3 is 2.49 bits per heavy atom. The summed E-state index contributed by atoms with van der Waals surface area (Å²) in [7, 11) is 1.69. The Morgan fingerprint density at radius 1 is 1.06 bits per heavy atom. The number of ether oxygens (including phenoxy) is 1. The topological polar surface area (TPSA) is 70.6 Å². The molecule has 2 fully saturated rings. The number of aryl methyl sites for hydroxylation is 1. The van der Waals surface area contributed by atoms with Crippen LogP contribution in [-0.4, -0.2) is 55.2 Å². The molecule has 186 valence electrons. The molecule has 8 heteroatoms. The van der Waals surface area contributed by atoms with E-state index >= 15 is 0 Å². The number of aromatic nitrogens is 2. The highest BCUT2D eigenvalue weighted by Gasteiger charge is 2.30. The number of fused-ring (bicyclic) bond motifs is 1. The van der Waals surface area contributed by atoms with Gasteiger partial charge in [-0.1, -0.05) is 26.7 Å². The van der Waals surface area contributed by atoms with Gasteiger partial charge in [-0.2, -0.15) is 0 Å².